The Morgan fingerprint density at radius 2 is 1.48 bits per heavy atom. The van der Waals surface area contributed by atoms with Crippen LogP contribution >= 0.6 is 0 Å². The molecule has 0 radical (unpaired) electrons. The summed E-state index contributed by atoms with van der Waals surface area (Å²) in [7, 11) is 0. The van der Waals surface area contributed by atoms with Crippen molar-refractivity contribution >= 4 is 5.97 Å². The Morgan fingerprint density at radius 1 is 0.913 bits per heavy atom. The van der Waals surface area contributed by atoms with Gasteiger partial charge in [0.25, 0.3) is 0 Å². The minimum absolute atomic E-state index is 0.318. The van der Waals surface area contributed by atoms with Gasteiger partial charge in [-0.3, -0.25) is 9.97 Å². The average molecular weight is 305 g/mol. The van der Waals surface area contributed by atoms with Crippen LogP contribution in [-0.2, 0) is 4.74 Å². The van der Waals surface area contributed by atoms with E-state index in [1.54, 1.807) is 31.5 Å². The van der Waals surface area contributed by atoms with E-state index in [2.05, 4.69) is 15.0 Å². The summed E-state index contributed by atoms with van der Waals surface area (Å²) < 4.78 is 5.10. The summed E-state index contributed by atoms with van der Waals surface area (Å²) in [6, 6.07) is 14.5. The summed E-state index contributed by atoms with van der Waals surface area (Å²) in [5, 5.41) is 0. The maximum Gasteiger partial charge on any atom is 0.338 e. The SMILES string of the molecule is CCOC(=O)c1cc(-c2ccccn2)nc(-c2ccccn2)c1. The molecule has 0 aliphatic rings. The number of pyridine rings is 3. The molecule has 0 aromatic carbocycles. The normalized spacial score (nSPS) is 10.3. The van der Waals surface area contributed by atoms with Gasteiger partial charge in [0.15, 0.2) is 0 Å². The van der Waals surface area contributed by atoms with Crippen LogP contribution < -0.4 is 0 Å². The minimum atomic E-state index is -0.385. The van der Waals surface area contributed by atoms with Gasteiger partial charge in [-0.15, -0.1) is 0 Å². The van der Waals surface area contributed by atoms with Crippen LogP contribution in [-0.4, -0.2) is 27.5 Å². The molecule has 0 saturated carbocycles. The number of hydrogen-bond donors (Lipinski definition) is 0. The van der Waals surface area contributed by atoms with Crippen molar-refractivity contribution in [2.75, 3.05) is 6.61 Å². The molecule has 0 atom stereocenters. The predicted molar refractivity (Wildman–Crippen MR) is 86.7 cm³/mol. The highest BCUT2D eigenvalue weighted by Gasteiger charge is 2.14. The number of carbonyl (C=O) groups is 1. The Balaban J connectivity index is 2.13. The molecule has 3 rings (SSSR count). The van der Waals surface area contributed by atoms with Crippen LogP contribution in [0.3, 0.4) is 0 Å². The lowest BCUT2D eigenvalue weighted by molar-refractivity contribution is 0.0526. The number of ether oxygens (including phenoxy) is 1. The van der Waals surface area contributed by atoms with Crippen LogP contribution in [0.2, 0.25) is 0 Å². The summed E-state index contributed by atoms with van der Waals surface area (Å²) in [5.74, 6) is -0.385. The van der Waals surface area contributed by atoms with Crippen molar-refractivity contribution in [1.82, 2.24) is 15.0 Å². The fourth-order valence-electron chi connectivity index (χ4n) is 2.15. The Bertz CT molecular complexity index is 747. The Labute approximate surface area is 134 Å². The highest BCUT2D eigenvalue weighted by Crippen LogP contribution is 2.22. The first-order valence-corrected chi connectivity index (χ1v) is 7.30. The van der Waals surface area contributed by atoms with Crippen LogP contribution in [0.5, 0.6) is 0 Å². The van der Waals surface area contributed by atoms with Gasteiger partial charge < -0.3 is 4.74 Å². The van der Waals surface area contributed by atoms with E-state index in [0.29, 0.717) is 34.9 Å². The van der Waals surface area contributed by atoms with Crippen molar-refractivity contribution < 1.29 is 9.53 Å². The second-order valence-electron chi connectivity index (χ2n) is 4.78. The largest absolute Gasteiger partial charge is 0.462 e. The first-order chi connectivity index (χ1) is 11.3. The molecule has 0 aliphatic carbocycles. The van der Waals surface area contributed by atoms with Crippen LogP contribution in [0.25, 0.3) is 22.8 Å². The van der Waals surface area contributed by atoms with Crippen LogP contribution in [0, 0.1) is 0 Å². The van der Waals surface area contributed by atoms with E-state index >= 15 is 0 Å². The standard InChI is InChI=1S/C18H15N3O2/c1-2-23-18(22)13-11-16(14-7-3-5-9-19-14)21-17(12-13)15-8-4-6-10-20-15/h3-12H,2H2,1H3. The molecule has 0 saturated heterocycles. The van der Waals surface area contributed by atoms with Crippen LogP contribution in [0.1, 0.15) is 17.3 Å². The number of rotatable bonds is 4. The van der Waals surface area contributed by atoms with Crippen molar-refractivity contribution in [3.8, 4) is 22.8 Å². The zero-order valence-electron chi connectivity index (χ0n) is 12.6. The van der Waals surface area contributed by atoms with Gasteiger partial charge in [0.1, 0.15) is 0 Å². The van der Waals surface area contributed by atoms with Crippen molar-refractivity contribution in [2.24, 2.45) is 0 Å². The van der Waals surface area contributed by atoms with Gasteiger partial charge in [0.2, 0.25) is 0 Å². The van der Waals surface area contributed by atoms with E-state index in [1.807, 2.05) is 36.4 Å². The summed E-state index contributed by atoms with van der Waals surface area (Å²) >= 11 is 0. The molecule has 0 amide bonds. The highest BCUT2D eigenvalue weighted by molar-refractivity contribution is 5.91. The molecule has 0 bridgehead atoms. The van der Waals surface area contributed by atoms with Crippen molar-refractivity contribution in [2.45, 2.75) is 6.92 Å². The summed E-state index contributed by atoms with van der Waals surface area (Å²) in [6.07, 6.45) is 3.38. The molecule has 3 heterocycles. The van der Waals surface area contributed by atoms with Crippen LogP contribution in [0.4, 0.5) is 0 Å². The Hall–Kier alpha value is -3.08. The smallest absolute Gasteiger partial charge is 0.338 e. The van der Waals surface area contributed by atoms with E-state index in [0.717, 1.165) is 0 Å². The molecule has 0 aliphatic heterocycles. The number of hydrogen-bond acceptors (Lipinski definition) is 5. The summed E-state index contributed by atoms with van der Waals surface area (Å²) in [4.78, 5) is 25.3. The molecule has 3 aromatic rings. The number of esters is 1. The summed E-state index contributed by atoms with van der Waals surface area (Å²) in [6.45, 7) is 2.09. The van der Waals surface area contributed by atoms with E-state index in [1.165, 1.54) is 0 Å². The molecule has 5 nitrogen and oxygen atoms in total. The van der Waals surface area contributed by atoms with E-state index in [9.17, 15) is 4.79 Å². The van der Waals surface area contributed by atoms with Gasteiger partial charge in [-0.05, 0) is 43.3 Å². The molecule has 114 valence electrons. The molecule has 0 N–H and O–H groups in total. The van der Waals surface area contributed by atoms with Gasteiger partial charge in [0, 0.05) is 12.4 Å². The van der Waals surface area contributed by atoms with Gasteiger partial charge in [-0.25, -0.2) is 9.78 Å². The van der Waals surface area contributed by atoms with Crippen molar-refractivity contribution in [3.05, 3.63) is 66.5 Å². The first kappa shape index (κ1) is 14.8. The van der Waals surface area contributed by atoms with Gasteiger partial charge in [-0.2, -0.15) is 0 Å². The Morgan fingerprint density at radius 3 is 1.91 bits per heavy atom. The fourth-order valence-corrected chi connectivity index (χ4v) is 2.15. The third-order valence-corrected chi connectivity index (χ3v) is 3.19. The lowest BCUT2D eigenvalue weighted by Crippen LogP contribution is -2.06. The maximum atomic E-state index is 12.1. The molecular weight excluding hydrogens is 290 g/mol. The van der Waals surface area contributed by atoms with Gasteiger partial charge in [0.05, 0.1) is 34.9 Å². The van der Waals surface area contributed by atoms with Gasteiger partial charge >= 0.3 is 5.97 Å². The number of carbonyl (C=O) groups excluding carboxylic acids is 1. The number of aromatic nitrogens is 3. The van der Waals surface area contributed by atoms with E-state index < -0.39 is 0 Å². The molecule has 23 heavy (non-hydrogen) atoms. The fraction of sp³-hybridized carbons (Fsp3) is 0.111. The zero-order valence-corrected chi connectivity index (χ0v) is 12.6. The Kier molecular flexibility index (Phi) is 4.38. The van der Waals surface area contributed by atoms with Gasteiger partial charge in [-0.1, -0.05) is 12.1 Å². The lowest BCUT2D eigenvalue weighted by atomic mass is 10.1. The lowest BCUT2D eigenvalue weighted by Gasteiger charge is -2.08. The minimum Gasteiger partial charge on any atom is -0.462 e. The van der Waals surface area contributed by atoms with Crippen molar-refractivity contribution in [1.29, 1.82) is 0 Å². The number of nitrogens with zero attached hydrogens (tertiary/aromatic N) is 3. The predicted octanol–water partition coefficient (Wildman–Crippen LogP) is 3.38. The molecule has 0 unspecified atom stereocenters. The summed E-state index contributed by atoms with van der Waals surface area (Å²) in [5.41, 5.74) is 3.03. The molecule has 5 heteroatoms. The molecule has 0 spiro atoms. The van der Waals surface area contributed by atoms with Crippen LogP contribution in [0.15, 0.2) is 60.9 Å². The topological polar surface area (TPSA) is 65.0 Å². The molecule has 3 aromatic heterocycles. The second kappa shape index (κ2) is 6.79. The third kappa shape index (κ3) is 3.40. The highest BCUT2D eigenvalue weighted by atomic mass is 16.5. The quantitative estimate of drug-likeness (QED) is 0.691. The molecular formula is C18H15N3O2. The average Bonchev–Trinajstić information content (AvgIpc) is 2.63. The van der Waals surface area contributed by atoms with Crippen molar-refractivity contribution in [3.63, 3.8) is 0 Å². The zero-order chi connectivity index (χ0) is 16.1. The third-order valence-electron chi connectivity index (χ3n) is 3.19. The maximum absolute atomic E-state index is 12.1. The van der Waals surface area contributed by atoms with E-state index in [-0.39, 0.29) is 5.97 Å². The first-order valence-electron chi connectivity index (χ1n) is 7.30. The second-order valence-corrected chi connectivity index (χ2v) is 4.78. The monoisotopic (exact) mass is 305 g/mol. The molecule has 0 fully saturated rings. The van der Waals surface area contributed by atoms with E-state index in [4.69, 9.17) is 4.74 Å².